The van der Waals surface area contributed by atoms with Crippen molar-refractivity contribution in [2.45, 2.75) is 26.9 Å². The van der Waals surface area contributed by atoms with E-state index in [1.165, 1.54) is 0 Å². The fourth-order valence-corrected chi connectivity index (χ4v) is 2.16. The summed E-state index contributed by atoms with van der Waals surface area (Å²) in [6, 6.07) is 5.06. The van der Waals surface area contributed by atoms with Crippen molar-refractivity contribution in [3.63, 3.8) is 0 Å². The Morgan fingerprint density at radius 3 is 2.95 bits per heavy atom. The average molecular weight is 282 g/mol. The third-order valence-corrected chi connectivity index (χ3v) is 3.35. The summed E-state index contributed by atoms with van der Waals surface area (Å²) < 4.78 is 15.9. The number of aromatic nitrogens is 2. The third-order valence-electron chi connectivity index (χ3n) is 3.05. The van der Waals surface area contributed by atoms with Crippen molar-refractivity contribution in [1.82, 2.24) is 14.9 Å². The van der Waals surface area contributed by atoms with Crippen LogP contribution in [0.5, 0.6) is 0 Å². The zero-order chi connectivity index (χ0) is 13.8. The van der Waals surface area contributed by atoms with E-state index >= 15 is 0 Å². The van der Waals surface area contributed by atoms with Gasteiger partial charge in [-0.25, -0.2) is 9.37 Å². The summed E-state index contributed by atoms with van der Waals surface area (Å²) >= 11 is 5.80. The highest BCUT2D eigenvalue weighted by Crippen LogP contribution is 2.20. The molecule has 0 saturated heterocycles. The van der Waals surface area contributed by atoms with Crippen molar-refractivity contribution in [1.29, 1.82) is 0 Å². The molecule has 1 aromatic carbocycles. The zero-order valence-electron chi connectivity index (χ0n) is 11.1. The lowest BCUT2D eigenvalue weighted by atomic mass is 10.2. The van der Waals surface area contributed by atoms with E-state index in [4.69, 9.17) is 11.6 Å². The topological polar surface area (TPSA) is 29.9 Å². The van der Waals surface area contributed by atoms with E-state index in [0.29, 0.717) is 12.1 Å². The molecule has 2 aromatic rings. The van der Waals surface area contributed by atoms with Crippen LogP contribution >= 0.6 is 11.6 Å². The van der Waals surface area contributed by atoms with Gasteiger partial charge in [-0.05, 0) is 19.5 Å². The average Bonchev–Trinajstić information content (AvgIpc) is 2.74. The van der Waals surface area contributed by atoms with E-state index in [-0.39, 0.29) is 10.8 Å². The minimum Gasteiger partial charge on any atom is -0.326 e. The largest absolute Gasteiger partial charge is 0.326 e. The number of imidazole rings is 1. The molecule has 0 atom stereocenters. The maximum atomic E-state index is 13.9. The molecule has 1 N–H and O–H groups in total. The minimum atomic E-state index is -0.355. The molecule has 19 heavy (non-hydrogen) atoms. The number of nitrogens with one attached hydrogen (secondary N) is 1. The molecule has 2 rings (SSSR count). The molecule has 1 aromatic heterocycles. The first-order chi connectivity index (χ1) is 9.13. The second-order valence-corrected chi connectivity index (χ2v) is 4.78. The molecular weight excluding hydrogens is 265 g/mol. The van der Waals surface area contributed by atoms with Crippen LogP contribution in [0.3, 0.4) is 0 Å². The van der Waals surface area contributed by atoms with Gasteiger partial charge in [0, 0.05) is 18.3 Å². The van der Waals surface area contributed by atoms with E-state index in [0.717, 1.165) is 24.6 Å². The van der Waals surface area contributed by atoms with Gasteiger partial charge in [-0.15, -0.1) is 0 Å². The lowest BCUT2D eigenvalue weighted by Gasteiger charge is -2.12. The Morgan fingerprint density at radius 1 is 1.42 bits per heavy atom. The molecule has 0 aliphatic heterocycles. The van der Waals surface area contributed by atoms with E-state index in [1.54, 1.807) is 18.2 Å². The van der Waals surface area contributed by atoms with Crippen LogP contribution in [0.15, 0.2) is 24.4 Å². The summed E-state index contributed by atoms with van der Waals surface area (Å²) in [7, 11) is 0. The molecular formula is C14H17ClFN3. The van der Waals surface area contributed by atoms with Crippen LogP contribution in [0.1, 0.15) is 24.0 Å². The lowest BCUT2D eigenvalue weighted by molar-refractivity contribution is 0.586. The maximum Gasteiger partial charge on any atom is 0.146 e. The first kappa shape index (κ1) is 14.0. The predicted octanol–water partition coefficient (Wildman–Crippen LogP) is 3.14. The number of rotatable bonds is 5. The monoisotopic (exact) mass is 281 g/mol. The Morgan fingerprint density at radius 2 is 2.21 bits per heavy atom. The van der Waals surface area contributed by atoms with Crippen molar-refractivity contribution in [2.24, 2.45) is 0 Å². The van der Waals surface area contributed by atoms with Crippen molar-refractivity contribution < 1.29 is 4.39 Å². The maximum absolute atomic E-state index is 13.9. The van der Waals surface area contributed by atoms with Gasteiger partial charge in [0.15, 0.2) is 0 Å². The van der Waals surface area contributed by atoms with E-state index in [2.05, 4.69) is 10.3 Å². The van der Waals surface area contributed by atoms with Crippen molar-refractivity contribution >= 4 is 11.6 Å². The van der Waals surface area contributed by atoms with Crippen molar-refractivity contribution in [3.8, 4) is 0 Å². The van der Waals surface area contributed by atoms with Gasteiger partial charge in [0.2, 0.25) is 0 Å². The molecule has 0 aliphatic rings. The molecule has 3 nitrogen and oxygen atoms in total. The van der Waals surface area contributed by atoms with Crippen LogP contribution in [0, 0.1) is 12.7 Å². The highest BCUT2D eigenvalue weighted by molar-refractivity contribution is 6.30. The normalized spacial score (nSPS) is 10.9. The van der Waals surface area contributed by atoms with E-state index in [9.17, 15) is 4.39 Å². The Labute approximate surface area is 117 Å². The molecule has 1 heterocycles. The fraction of sp³-hybridized carbons (Fsp3) is 0.357. The Balaban J connectivity index is 2.27. The standard InChI is InChI=1S/C14H17ClFN3/c1-3-17-7-12-8-18-10(2)19(12)9-11-5-4-6-13(15)14(11)16/h4-6,8,17H,3,7,9H2,1-2H3. The molecule has 0 unspecified atom stereocenters. The van der Waals surface area contributed by atoms with Gasteiger partial charge >= 0.3 is 0 Å². The number of benzene rings is 1. The van der Waals surface area contributed by atoms with Crippen LogP contribution < -0.4 is 5.32 Å². The van der Waals surface area contributed by atoms with Crippen LogP contribution in [-0.4, -0.2) is 16.1 Å². The molecule has 0 aliphatic carbocycles. The van der Waals surface area contributed by atoms with Crippen LogP contribution in [0.2, 0.25) is 5.02 Å². The number of nitrogens with zero attached hydrogens (tertiary/aromatic N) is 2. The molecule has 102 valence electrons. The predicted molar refractivity (Wildman–Crippen MR) is 74.9 cm³/mol. The lowest BCUT2D eigenvalue weighted by Crippen LogP contribution is -2.16. The van der Waals surface area contributed by atoms with E-state index in [1.807, 2.05) is 24.6 Å². The van der Waals surface area contributed by atoms with Crippen LogP contribution in [0.25, 0.3) is 0 Å². The van der Waals surface area contributed by atoms with E-state index < -0.39 is 0 Å². The summed E-state index contributed by atoms with van der Waals surface area (Å²) in [5, 5.41) is 3.41. The van der Waals surface area contributed by atoms with Gasteiger partial charge in [-0.2, -0.15) is 0 Å². The highest BCUT2D eigenvalue weighted by atomic mass is 35.5. The van der Waals surface area contributed by atoms with Crippen molar-refractivity contribution in [3.05, 3.63) is 52.3 Å². The summed E-state index contributed by atoms with van der Waals surface area (Å²) in [6.45, 7) is 6.01. The van der Waals surface area contributed by atoms with Crippen LogP contribution in [0.4, 0.5) is 4.39 Å². The van der Waals surface area contributed by atoms with Gasteiger partial charge < -0.3 is 9.88 Å². The van der Waals surface area contributed by atoms with Gasteiger partial charge in [0.25, 0.3) is 0 Å². The Hall–Kier alpha value is -1.39. The molecule has 0 spiro atoms. The van der Waals surface area contributed by atoms with Crippen LogP contribution in [-0.2, 0) is 13.1 Å². The smallest absolute Gasteiger partial charge is 0.146 e. The number of halogens is 2. The first-order valence-electron chi connectivity index (χ1n) is 6.28. The molecule has 0 radical (unpaired) electrons. The molecule has 0 saturated carbocycles. The SMILES string of the molecule is CCNCc1cnc(C)n1Cc1cccc(Cl)c1F. The summed E-state index contributed by atoms with van der Waals surface area (Å²) in [6.07, 6.45) is 1.82. The summed E-state index contributed by atoms with van der Waals surface area (Å²) in [5.74, 6) is 0.513. The summed E-state index contributed by atoms with van der Waals surface area (Å²) in [5.41, 5.74) is 1.62. The highest BCUT2D eigenvalue weighted by Gasteiger charge is 2.11. The third kappa shape index (κ3) is 3.14. The quantitative estimate of drug-likeness (QED) is 0.912. The number of hydrogen-bond acceptors (Lipinski definition) is 2. The Kier molecular flexibility index (Phi) is 4.56. The molecule has 0 bridgehead atoms. The number of hydrogen-bond donors (Lipinski definition) is 1. The van der Waals surface area contributed by atoms with Gasteiger partial charge in [0.1, 0.15) is 11.6 Å². The first-order valence-corrected chi connectivity index (χ1v) is 6.66. The fourth-order valence-electron chi connectivity index (χ4n) is 1.97. The minimum absolute atomic E-state index is 0.156. The Bertz CT molecular complexity index is 566. The molecule has 0 fully saturated rings. The molecule has 0 amide bonds. The zero-order valence-corrected chi connectivity index (χ0v) is 11.8. The number of aryl methyl sites for hydroxylation is 1. The summed E-state index contributed by atoms with van der Waals surface area (Å²) in [4.78, 5) is 4.29. The second-order valence-electron chi connectivity index (χ2n) is 4.38. The van der Waals surface area contributed by atoms with Gasteiger partial charge in [0.05, 0.1) is 17.3 Å². The van der Waals surface area contributed by atoms with Crippen molar-refractivity contribution in [2.75, 3.05) is 6.54 Å². The molecule has 5 heteroatoms. The second kappa shape index (κ2) is 6.17. The van der Waals surface area contributed by atoms with Gasteiger partial charge in [-0.1, -0.05) is 30.7 Å². The van der Waals surface area contributed by atoms with Gasteiger partial charge in [-0.3, -0.25) is 0 Å².